The van der Waals surface area contributed by atoms with Crippen LogP contribution in [0.2, 0.25) is 5.02 Å². The van der Waals surface area contributed by atoms with E-state index in [2.05, 4.69) is 5.32 Å². The third-order valence-corrected chi connectivity index (χ3v) is 4.93. The molecule has 1 saturated carbocycles. The van der Waals surface area contributed by atoms with Crippen LogP contribution >= 0.6 is 11.6 Å². The van der Waals surface area contributed by atoms with Crippen LogP contribution < -0.4 is 11.1 Å². The van der Waals surface area contributed by atoms with Gasteiger partial charge in [-0.1, -0.05) is 23.7 Å². The minimum absolute atomic E-state index is 0.155. The van der Waals surface area contributed by atoms with E-state index in [1.54, 1.807) is 19.1 Å². The first-order valence-electron chi connectivity index (χ1n) is 7.09. The lowest BCUT2D eigenvalue weighted by molar-refractivity contribution is -0.120. The molecule has 3 nitrogen and oxygen atoms in total. The summed E-state index contributed by atoms with van der Waals surface area (Å²) in [6.45, 7) is 1.76. The summed E-state index contributed by atoms with van der Waals surface area (Å²) in [6, 6.07) is 6.86. The van der Waals surface area contributed by atoms with Crippen molar-refractivity contribution in [3.8, 4) is 0 Å². The highest BCUT2D eigenvalue weighted by atomic mass is 35.5. The predicted molar refractivity (Wildman–Crippen MR) is 81.3 cm³/mol. The van der Waals surface area contributed by atoms with E-state index >= 15 is 0 Å². The Morgan fingerprint density at radius 3 is 2.95 bits per heavy atom. The molecule has 21 heavy (non-hydrogen) atoms. The SMILES string of the molecule is C/C(=C(\F)CC12CC1CC(C(N)=O)N2)c1cccc(Cl)c1. The maximum Gasteiger partial charge on any atom is 0.234 e. The number of nitrogens with two attached hydrogens (primary N) is 1. The van der Waals surface area contributed by atoms with Gasteiger partial charge in [0.15, 0.2) is 0 Å². The van der Waals surface area contributed by atoms with Crippen LogP contribution in [0.1, 0.15) is 31.7 Å². The van der Waals surface area contributed by atoms with Gasteiger partial charge in [-0.05, 0) is 49.0 Å². The molecule has 2 fully saturated rings. The van der Waals surface area contributed by atoms with Crippen LogP contribution in [0.15, 0.2) is 30.1 Å². The summed E-state index contributed by atoms with van der Waals surface area (Å²) >= 11 is 5.94. The first kappa shape index (κ1) is 14.5. The lowest BCUT2D eigenvalue weighted by Gasteiger charge is -2.17. The zero-order valence-corrected chi connectivity index (χ0v) is 12.6. The van der Waals surface area contributed by atoms with E-state index in [1.165, 1.54) is 0 Å². The quantitative estimate of drug-likeness (QED) is 0.898. The Labute approximate surface area is 128 Å². The number of amides is 1. The lowest BCUT2D eigenvalue weighted by Crippen LogP contribution is -2.43. The van der Waals surface area contributed by atoms with Gasteiger partial charge in [0.2, 0.25) is 5.91 Å². The molecule has 0 spiro atoms. The summed E-state index contributed by atoms with van der Waals surface area (Å²) in [7, 11) is 0. The molecule has 1 amide bonds. The van der Waals surface area contributed by atoms with Crippen molar-refractivity contribution >= 4 is 23.1 Å². The fourth-order valence-corrected chi connectivity index (χ4v) is 3.49. The van der Waals surface area contributed by atoms with Crippen LogP contribution in [0.4, 0.5) is 4.39 Å². The Morgan fingerprint density at radius 2 is 2.33 bits per heavy atom. The molecule has 1 saturated heterocycles. The average Bonchev–Trinajstić information content (AvgIpc) is 2.97. The zero-order valence-electron chi connectivity index (χ0n) is 11.8. The van der Waals surface area contributed by atoms with Gasteiger partial charge in [0.1, 0.15) is 5.83 Å². The molecular formula is C16H18ClFN2O. The largest absolute Gasteiger partial charge is 0.368 e. The number of rotatable bonds is 4. The van der Waals surface area contributed by atoms with Crippen molar-refractivity contribution < 1.29 is 9.18 Å². The first-order chi connectivity index (χ1) is 9.91. The molecule has 5 heteroatoms. The average molecular weight is 309 g/mol. The second-order valence-electron chi connectivity index (χ2n) is 6.11. The van der Waals surface area contributed by atoms with Gasteiger partial charge in [0, 0.05) is 17.0 Å². The molecule has 1 aliphatic carbocycles. The van der Waals surface area contributed by atoms with Crippen molar-refractivity contribution in [2.45, 2.75) is 37.8 Å². The topological polar surface area (TPSA) is 55.1 Å². The number of allylic oxidation sites excluding steroid dienone is 1. The van der Waals surface area contributed by atoms with Crippen LogP contribution in [-0.2, 0) is 4.79 Å². The highest BCUT2D eigenvalue weighted by Crippen LogP contribution is 2.55. The third-order valence-electron chi connectivity index (χ3n) is 4.69. The minimum atomic E-state index is -0.350. The van der Waals surface area contributed by atoms with Crippen molar-refractivity contribution in [2.24, 2.45) is 11.7 Å². The van der Waals surface area contributed by atoms with Gasteiger partial charge in [-0.15, -0.1) is 0 Å². The standard InChI is InChI=1S/C16H18ClFN2O/c1-9(10-3-2-4-12(17)5-10)13(18)8-16-7-11(16)6-14(20-16)15(19)21/h2-5,11,14,20H,6-8H2,1H3,(H2,19,21)/b13-9+. The number of carbonyl (C=O) groups excluding carboxylic acids is 1. The van der Waals surface area contributed by atoms with Gasteiger partial charge in [-0.25, -0.2) is 4.39 Å². The Bertz CT molecular complexity index is 630. The summed E-state index contributed by atoms with van der Waals surface area (Å²) in [5, 5.41) is 3.81. The minimum Gasteiger partial charge on any atom is -0.368 e. The molecule has 1 aromatic carbocycles. The molecule has 112 valence electrons. The van der Waals surface area contributed by atoms with Crippen molar-refractivity contribution in [1.82, 2.24) is 5.32 Å². The van der Waals surface area contributed by atoms with Crippen molar-refractivity contribution in [1.29, 1.82) is 0 Å². The number of primary amides is 1. The molecule has 3 rings (SSSR count). The third kappa shape index (κ3) is 2.70. The summed E-state index contributed by atoms with van der Waals surface area (Å²) in [6.07, 6.45) is 1.94. The highest BCUT2D eigenvalue weighted by molar-refractivity contribution is 6.30. The Morgan fingerprint density at radius 1 is 1.57 bits per heavy atom. The highest BCUT2D eigenvalue weighted by Gasteiger charge is 2.61. The van der Waals surface area contributed by atoms with E-state index in [1.807, 2.05) is 12.1 Å². The number of fused-ring (bicyclic) bond motifs is 1. The smallest absolute Gasteiger partial charge is 0.234 e. The zero-order chi connectivity index (χ0) is 15.2. The fraction of sp³-hybridized carbons (Fsp3) is 0.438. The van der Waals surface area contributed by atoms with E-state index in [9.17, 15) is 9.18 Å². The van der Waals surface area contributed by atoms with Crippen LogP contribution in [0, 0.1) is 5.92 Å². The lowest BCUT2D eigenvalue weighted by atomic mass is 10.0. The van der Waals surface area contributed by atoms with Crippen molar-refractivity contribution in [3.05, 3.63) is 40.7 Å². The van der Waals surface area contributed by atoms with Gasteiger partial charge < -0.3 is 5.73 Å². The molecule has 1 aliphatic heterocycles. The molecule has 2 aliphatic rings. The first-order valence-corrected chi connectivity index (χ1v) is 7.47. The fourth-order valence-electron chi connectivity index (χ4n) is 3.30. The van der Waals surface area contributed by atoms with Crippen LogP contribution in [-0.4, -0.2) is 17.5 Å². The van der Waals surface area contributed by atoms with Crippen LogP contribution in [0.5, 0.6) is 0 Å². The molecule has 0 bridgehead atoms. The second-order valence-corrected chi connectivity index (χ2v) is 6.55. The van der Waals surface area contributed by atoms with Gasteiger partial charge in [0.25, 0.3) is 0 Å². The number of carbonyl (C=O) groups is 1. The number of hydrogen-bond acceptors (Lipinski definition) is 2. The predicted octanol–water partition coefficient (Wildman–Crippen LogP) is 3.04. The summed E-state index contributed by atoms with van der Waals surface area (Å²) in [4.78, 5) is 11.2. The van der Waals surface area contributed by atoms with E-state index in [0.717, 1.165) is 18.4 Å². The van der Waals surface area contributed by atoms with Gasteiger partial charge in [0.05, 0.1) is 6.04 Å². The van der Waals surface area contributed by atoms with Crippen molar-refractivity contribution in [3.63, 3.8) is 0 Å². The molecular weight excluding hydrogens is 291 g/mol. The summed E-state index contributed by atoms with van der Waals surface area (Å²) < 4.78 is 14.5. The molecule has 1 aromatic rings. The summed E-state index contributed by atoms with van der Waals surface area (Å²) in [5.41, 5.74) is 6.43. The second kappa shape index (κ2) is 5.11. The number of nitrogens with one attached hydrogen (secondary N) is 1. The number of halogens is 2. The molecule has 3 atom stereocenters. The Balaban J connectivity index is 1.76. The summed E-state index contributed by atoms with van der Waals surface area (Å²) in [5.74, 6) is -0.150. The van der Waals surface area contributed by atoms with Gasteiger partial charge in [-0.3, -0.25) is 10.1 Å². The maximum atomic E-state index is 14.5. The van der Waals surface area contributed by atoms with Crippen LogP contribution in [0.25, 0.3) is 5.57 Å². The van der Waals surface area contributed by atoms with Crippen molar-refractivity contribution in [2.75, 3.05) is 0 Å². The van der Waals surface area contributed by atoms with Crippen LogP contribution in [0.3, 0.4) is 0 Å². The number of benzene rings is 1. The normalized spacial score (nSPS) is 31.6. The molecule has 0 aromatic heterocycles. The van der Waals surface area contributed by atoms with E-state index in [-0.39, 0.29) is 23.3 Å². The molecule has 1 heterocycles. The maximum absolute atomic E-state index is 14.5. The Kier molecular flexibility index (Phi) is 3.54. The van der Waals surface area contributed by atoms with E-state index in [0.29, 0.717) is 22.9 Å². The number of hydrogen-bond donors (Lipinski definition) is 2. The molecule has 3 unspecified atom stereocenters. The Hall–Kier alpha value is -1.39. The van der Waals surface area contributed by atoms with E-state index < -0.39 is 0 Å². The van der Waals surface area contributed by atoms with Gasteiger partial charge >= 0.3 is 0 Å². The van der Waals surface area contributed by atoms with E-state index in [4.69, 9.17) is 17.3 Å². The monoisotopic (exact) mass is 308 g/mol. The van der Waals surface area contributed by atoms with Gasteiger partial charge in [-0.2, -0.15) is 0 Å². The number of piperidine rings is 1. The molecule has 0 radical (unpaired) electrons. The molecule has 3 N–H and O–H groups in total.